The van der Waals surface area contributed by atoms with Gasteiger partial charge in [-0.15, -0.1) is 0 Å². The van der Waals surface area contributed by atoms with E-state index in [0.29, 0.717) is 47.1 Å². The molecule has 0 saturated carbocycles. The highest BCUT2D eigenvalue weighted by atomic mass is 16.3. The second kappa shape index (κ2) is 62.3. The van der Waals surface area contributed by atoms with E-state index in [9.17, 15) is 24.0 Å². The highest BCUT2D eigenvalue weighted by Crippen LogP contribution is 2.26. The Bertz CT molecular complexity index is 1630. The van der Waals surface area contributed by atoms with Gasteiger partial charge in [0.25, 0.3) is 0 Å². The van der Waals surface area contributed by atoms with Crippen molar-refractivity contribution in [2.75, 3.05) is 53.4 Å². The van der Waals surface area contributed by atoms with Gasteiger partial charge in [0.05, 0.1) is 12.6 Å². The summed E-state index contributed by atoms with van der Waals surface area (Å²) < 4.78 is 0. The third-order valence-corrected chi connectivity index (χ3v) is 13.5. The average molecular weight is 1240 g/mol. The van der Waals surface area contributed by atoms with Crippen LogP contribution in [0.4, 0.5) is 0 Å². The highest BCUT2D eigenvalue weighted by molar-refractivity contribution is 5.94. The molecule has 1 saturated heterocycles. The van der Waals surface area contributed by atoms with Crippen LogP contribution in [0, 0.1) is 75.9 Å². The van der Waals surface area contributed by atoms with Crippen molar-refractivity contribution in [2.45, 2.75) is 317 Å². The maximum atomic E-state index is 11.1. The largest absolute Gasteiger partial charge is 0.390 e. The predicted molar refractivity (Wildman–Crippen MR) is 386 cm³/mol. The van der Waals surface area contributed by atoms with Crippen molar-refractivity contribution < 1.29 is 34.2 Å². The van der Waals surface area contributed by atoms with Crippen LogP contribution in [0.25, 0.3) is 0 Å². The molecule has 0 amide bonds. The van der Waals surface area contributed by atoms with E-state index >= 15 is 0 Å². The fraction of sp³-hybridized carbons (Fsp3) is 0.907. The Morgan fingerprint density at radius 2 is 1.06 bits per heavy atom. The van der Waals surface area contributed by atoms with Crippen molar-refractivity contribution in [3.63, 3.8) is 0 Å². The van der Waals surface area contributed by atoms with Crippen LogP contribution in [0.1, 0.15) is 305 Å². The Balaban J connectivity index is -0.000000133. The van der Waals surface area contributed by atoms with Crippen LogP contribution in [0.15, 0.2) is 9.98 Å². The van der Waals surface area contributed by atoms with Crippen LogP contribution < -0.4 is 5.73 Å². The summed E-state index contributed by atoms with van der Waals surface area (Å²) in [5.74, 6) is 8.63. The van der Waals surface area contributed by atoms with Gasteiger partial charge in [0.15, 0.2) is 5.78 Å². The maximum absolute atomic E-state index is 11.1. The topological polar surface area (TPSA) is 183 Å². The summed E-state index contributed by atoms with van der Waals surface area (Å²) in [7, 11) is 4.19. The third kappa shape index (κ3) is 94.8. The smallest absolute Gasteiger partial charge is 0.160 e. The highest BCUT2D eigenvalue weighted by Gasteiger charge is 2.24. The Morgan fingerprint density at radius 1 is 0.598 bits per heavy atom. The molecule has 2 aliphatic heterocycles. The zero-order valence-electron chi connectivity index (χ0n) is 64.5. The second-order valence-electron chi connectivity index (χ2n) is 31.0. The first kappa shape index (κ1) is 101. The van der Waals surface area contributed by atoms with Gasteiger partial charge in [-0.1, -0.05) is 206 Å². The molecule has 0 aromatic carbocycles. The number of aliphatic hydroxyl groups is 2. The lowest BCUT2D eigenvalue weighted by Gasteiger charge is -2.31. The lowest BCUT2D eigenvalue weighted by Crippen LogP contribution is -2.39. The Hall–Kier alpha value is -2.51. The molecule has 0 bridgehead atoms. The zero-order valence-corrected chi connectivity index (χ0v) is 64.5. The van der Waals surface area contributed by atoms with Gasteiger partial charge in [0, 0.05) is 49.9 Å². The molecule has 4 N–H and O–H groups in total. The number of carbonyl (C=O) groups is 5. The van der Waals surface area contributed by atoms with E-state index in [1.807, 2.05) is 20.1 Å². The second-order valence-corrected chi connectivity index (χ2v) is 31.0. The minimum Gasteiger partial charge on any atom is -0.390 e. The number of nitrogens with zero attached hydrogens (tertiary/aromatic N) is 4. The molecule has 87 heavy (non-hydrogen) atoms. The quantitative estimate of drug-likeness (QED) is 0.0681. The molecule has 2 heterocycles. The van der Waals surface area contributed by atoms with E-state index in [4.69, 9.17) is 15.9 Å². The van der Waals surface area contributed by atoms with Crippen molar-refractivity contribution in [2.24, 2.45) is 91.6 Å². The molecule has 0 spiro atoms. The number of rotatable bonds is 28. The van der Waals surface area contributed by atoms with Crippen LogP contribution >= 0.6 is 0 Å². The molecule has 0 radical (unpaired) electrons. The summed E-state index contributed by atoms with van der Waals surface area (Å²) in [4.78, 5) is 66.2. The molecular weight excluding hydrogens is 1080 g/mol. The molecule has 0 aliphatic carbocycles. The van der Waals surface area contributed by atoms with E-state index in [-0.39, 0.29) is 28.8 Å². The van der Waals surface area contributed by atoms with Gasteiger partial charge in [-0.05, 0) is 178 Å². The first-order valence-electron chi connectivity index (χ1n) is 34.5. The van der Waals surface area contributed by atoms with Crippen LogP contribution in [0.2, 0.25) is 0 Å². The first-order valence-corrected chi connectivity index (χ1v) is 34.5. The molecule has 2 aliphatic rings. The predicted octanol–water partition coefficient (Wildman–Crippen LogP) is 18.6. The molecular formula is C75H157N5O7. The zero-order chi connectivity index (χ0) is 70.4. The average Bonchev–Trinajstić information content (AvgIpc) is 3.86. The number of hydrogen-bond acceptors (Lipinski definition) is 12. The Labute approximate surface area is 544 Å². The van der Waals surface area contributed by atoms with E-state index in [2.05, 4.69) is 186 Å². The van der Waals surface area contributed by atoms with Gasteiger partial charge >= 0.3 is 0 Å². The standard InChI is InChI=1S/C10H20O.C8H14N2.C8H17NO.C8H16O.C8H18.C7H15N.C7H14O3.C7H14O.C6H15N.C6H14/c1-8(2)6-7-10(4,5)9(3)11;1-7(2)3-4-8-9-5-6-10-8;1-6(2)4-8(5-9)7(3)10;1-7(2)5-4-6-8(3)9;1-7(2)6-8(3,4)5;1-7(2)6-8-4-3-5-8;1-4(2)6(9)7(10)5(3)8;1-6(2)4-5-7(3)8;1-6(2)5-7(3)4;1-4-5-6(2)3/h8H,6-7H2,1-5H3;5,7H,3-4,6H2,1-2H3;6,8H,4-5,9H2,1-3H3;7H,4-6H2,1-3H3;7H,6H2,1-5H3;7H,3-6H2,1-2H3;4,6-7,9-10H,1-3H3;6H,4-5H2,1-3H3;6H,5H2,1-4H3;6H,4-5H2,1-3H3. The van der Waals surface area contributed by atoms with E-state index in [1.54, 1.807) is 41.5 Å². The third-order valence-electron chi connectivity index (χ3n) is 13.5. The number of amidine groups is 1. The summed E-state index contributed by atoms with van der Waals surface area (Å²) in [6.45, 7) is 70.6. The lowest BCUT2D eigenvalue weighted by molar-refractivity contribution is -0.132. The molecule has 12 nitrogen and oxygen atoms in total. The molecule has 524 valence electrons. The van der Waals surface area contributed by atoms with E-state index in [0.717, 1.165) is 99.3 Å². The molecule has 12 heteroatoms. The van der Waals surface area contributed by atoms with Crippen molar-refractivity contribution in [3.8, 4) is 0 Å². The molecule has 0 aromatic rings. The number of nitrogens with two attached hydrogens (primary N) is 1. The van der Waals surface area contributed by atoms with Gasteiger partial charge in [-0.25, -0.2) is 4.99 Å². The van der Waals surface area contributed by atoms with Gasteiger partial charge in [-0.3, -0.25) is 19.4 Å². The van der Waals surface area contributed by atoms with Crippen LogP contribution in [0.5, 0.6) is 0 Å². The molecule has 1 fully saturated rings. The van der Waals surface area contributed by atoms with E-state index in [1.165, 1.54) is 71.6 Å². The lowest BCUT2D eigenvalue weighted by atomic mass is 9.82. The molecule has 3 atom stereocenters. The van der Waals surface area contributed by atoms with Crippen LogP contribution in [-0.2, 0) is 24.0 Å². The number of ketones is 5. The molecule has 2 rings (SSSR count). The van der Waals surface area contributed by atoms with Gasteiger partial charge in [-0.2, -0.15) is 0 Å². The Kier molecular flexibility index (Phi) is 72.1. The fourth-order valence-electron chi connectivity index (χ4n) is 8.19. The number of aliphatic imine (C=N–C) groups is 2. The number of hydrogen-bond donors (Lipinski definition) is 3. The van der Waals surface area contributed by atoms with Crippen molar-refractivity contribution in [1.82, 2.24) is 9.80 Å². The van der Waals surface area contributed by atoms with Crippen LogP contribution in [0.3, 0.4) is 0 Å². The summed E-state index contributed by atoms with van der Waals surface area (Å²) >= 11 is 0. The van der Waals surface area contributed by atoms with Gasteiger partial charge in [0.2, 0.25) is 0 Å². The minimum absolute atomic E-state index is 0.0833. The van der Waals surface area contributed by atoms with Crippen molar-refractivity contribution in [1.29, 1.82) is 0 Å². The fourth-order valence-corrected chi connectivity index (χ4v) is 8.19. The van der Waals surface area contributed by atoms with Gasteiger partial charge in [0.1, 0.15) is 35.1 Å². The van der Waals surface area contributed by atoms with Crippen molar-refractivity contribution >= 4 is 41.0 Å². The van der Waals surface area contributed by atoms with Gasteiger partial charge < -0.3 is 35.3 Å². The van der Waals surface area contributed by atoms with Crippen molar-refractivity contribution in [3.05, 3.63) is 0 Å². The number of aliphatic hydroxyl groups excluding tert-OH is 2. The monoisotopic (exact) mass is 1240 g/mol. The maximum Gasteiger partial charge on any atom is 0.160 e. The molecule has 3 unspecified atom stereocenters. The normalized spacial score (nSPS) is 13.7. The van der Waals surface area contributed by atoms with E-state index < -0.39 is 12.2 Å². The molecule has 0 aromatic heterocycles. The van der Waals surface area contributed by atoms with Crippen LogP contribution in [-0.4, -0.2) is 127 Å². The number of Topliss-reactive ketones (excluding diaryl/α,β-unsaturated/α-hetero) is 5. The summed E-state index contributed by atoms with van der Waals surface area (Å²) in [5.41, 5.74) is 5.82. The summed E-state index contributed by atoms with van der Waals surface area (Å²) in [6, 6.07) is 0. The Morgan fingerprint density at radius 3 is 1.23 bits per heavy atom. The number of likely N-dealkylation sites (tertiary alicyclic amines) is 1. The SMILES string of the molecule is CC(=O)C(C)(C)CCC(C)C.CC(=O)C(CN)CC(C)C.CC(=O)C(O)C(O)C(C)C.CC(=O)CCC(C)C.CC(=O)CCCC(C)C.CC(C)CC(C)(C)C.CC(C)CCC1=NCC=N1.CC(C)CN(C)C.CC(C)CN1CCC1.CCCC(C)C. The minimum atomic E-state index is -1.22. The summed E-state index contributed by atoms with van der Waals surface area (Å²) in [5, 5.41) is 18.1. The summed E-state index contributed by atoms with van der Waals surface area (Å²) in [6.07, 6.45) is 15.3. The first-order chi connectivity index (χ1) is 39.5. The number of carbonyl (C=O) groups excluding carboxylic acids is 5.